The molecule has 0 saturated carbocycles. The van der Waals surface area contributed by atoms with Gasteiger partial charge in [-0.25, -0.2) is 0 Å². The molecule has 1 rings (SSSR count). The molecule has 0 fully saturated rings. The maximum atomic E-state index is 4.09. The average molecular weight is 225 g/mol. The second kappa shape index (κ2) is 7.54. The molecule has 0 amide bonds. The Labute approximate surface area is 95.8 Å². The third-order valence-electron chi connectivity index (χ3n) is 2.48. The van der Waals surface area contributed by atoms with Gasteiger partial charge in [-0.05, 0) is 37.8 Å². The van der Waals surface area contributed by atoms with E-state index in [-0.39, 0.29) is 0 Å². The predicted octanol–water partition coefficient (Wildman–Crippen LogP) is 2.94. The van der Waals surface area contributed by atoms with E-state index in [1.165, 1.54) is 30.8 Å². The fraction of sp³-hybridized carbons (Fsp3) is 0.636. The van der Waals surface area contributed by atoms with Crippen molar-refractivity contribution in [2.45, 2.75) is 38.1 Å². The summed E-state index contributed by atoms with van der Waals surface area (Å²) in [5.41, 5.74) is 1.08. The fourth-order valence-corrected chi connectivity index (χ4v) is 2.09. The van der Waals surface area contributed by atoms with Crippen LogP contribution < -0.4 is 5.32 Å². The molecule has 4 heteroatoms. The summed E-state index contributed by atoms with van der Waals surface area (Å²) in [5, 5.41) is 9.39. The minimum absolute atomic E-state index is 0.368. The van der Waals surface area contributed by atoms with Crippen LogP contribution in [0.3, 0.4) is 0 Å². The molecule has 1 unspecified atom stereocenters. The summed E-state index contributed by atoms with van der Waals surface area (Å²) >= 11 is 1.42. The largest absolute Gasteiger partial charge is 0.312 e. The maximum absolute atomic E-state index is 4.09. The Morgan fingerprint density at radius 1 is 1.53 bits per heavy atom. The Kier molecular flexibility index (Phi) is 6.20. The number of hydrogen-bond donors (Lipinski definition) is 1. The van der Waals surface area contributed by atoms with Gasteiger partial charge in [0, 0.05) is 5.38 Å². The Hall–Kier alpha value is -0.740. The van der Waals surface area contributed by atoms with Crippen LogP contribution in [0.4, 0.5) is 0 Å². The van der Waals surface area contributed by atoms with E-state index in [9.17, 15) is 0 Å². The van der Waals surface area contributed by atoms with Crippen molar-refractivity contribution in [2.75, 3.05) is 7.05 Å². The van der Waals surface area contributed by atoms with Crippen LogP contribution in [0.25, 0.3) is 0 Å². The standard InChI is InChI=1S/C11H19N3S/c1-3-4-5-6-7-8-10(12-2)11-9-15-14-13-11/h3,9-10,12H,1,4-8H2,2H3. The van der Waals surface area contributed by atoms with Gasteiger partial charge in [0.05, 0.1) is 11.7 Å². The van der Waals surface area contributed by atoms with E-state index in [0.29, 0.717) is 6.04 Å². The molecule has 0 saturated heterocycles. The first kappa shape index (κ1) is 12.3. The zero-order valence-electron chi connectivity index (χ0n) is 9.28. The van der Waals surface area contributed by atoms with Crippen molar-refractivity contribution < 1.29 is 0 Å². The highest BCUT2D eigenvalue weighted by Crippen LogP contribution is 2.18. The predicted molar refractivity (Wildman–Crippen MR) is 65.0 cm³/mol. The molecule has 0 bridgehead atoms. The molecule has 0 aliphatic heterocycles. The van der Waals surface area contributed by atoms with Gasteiger partial charge in [0.25, 0.3) is 0 Å². The van der Waals surface area contributed by atoms with Gasteiger partial charge in [-0.3, -0.25) is 0 Å². The lowest BCUT2D eigenvalue weighted by molar-refractivity contribution is 0.497. The van der Waals surface area contributed by atoms with Gasteiger partial charge < -0.3 is 5.32 Å². The second-order valence-electron chi connectivity index (χ2n) is 3.60. The summed E-state index contributed by atoms with van der Waals surface area (Å²) in [6.07, 6.45) is 8.00. The number of allylic oxidation sites excluding steroid dienone is 1. The van der Waals surface area contributed by atoms with Crippen LogP contribution in [0.15, 0.2) is 18.0 Å². The number of hydrogen-bond acceptors (Lipinski definition) is 4. The molecule has 0 aliphatic carbocycles. The fourth-order valence-electron chi connectivity index (χ4n) is 1.58. The van der Waals surface area contributed by atoms with E-state index < -0.39 is 0 Å². The first-order valence-corrected chi connectivity index (χ1v) is 6.27. The molecule has 1 aromatic heterocycles. The van der Waals surface area contributed by atoms with Crippen molar-refractivity contribution in [2.24, 2.45) is 0 Å². The van der Waals surface area contributed by atoms with Crippen molar-refractivity contribution >= 4 is 11.5 Å². The summed E-state index contributed by atoms with van der Waals surface area (Å²) in [6, 6.07) is 0.368. The van der Waals surface area contributed by atoms with E-state index in [1.54, 1.807) is 0 Å². The summed E-state index contributed by atoms with van der Waals surface area (Å²) in [6.45, 7) is 3.72. The maximum Gasteiger partial charge on any atom is 0.0924 e. The van der Waals surface area contributed by atoms with Gasteiger partial charge in [-0.2, -0.15) is 0 Å². The third kappa shape index (κ3) is 4.53. The van der Waals surface area contributed by atoms with Crippen molar-refractivity contribution in [3.8, 4) is 0 Å². The topological polar surface area (TPSA) is 37.8 Å². The van der Waals surface area contributed by atoms with Crippen LogP contribution in [0.2, 0.25) is 0 Å². The van der Waals surface area contributed by atoms with Gasteiger partial charge in [0.15, 0.2) is 0 Å². The highest BCUT2D eigenvalue weighted by atomic mass is 32.1. The Morgan fingerprint density at radius 2 is 2.40 bits per heavy atom. The van der Waals surface area contributed by atoms with Crippen molar-refractivity contribution in [3.05, 3.63) is 23.7 Å². The van der Waals surface area contributed by atoms with Crippen LogP contribution >= 0.6 is 11.5 Å². The van der Waals surface area contributed by atoms with Crippen LogP contribution in [0.1, 0.15) is 43.8 Å². The zero-order chi connectivity index (χ0) is 10.9. The number of nitrogens with one attached hydrogen (secondary N) is 1. The van der Waals surface area contributed by atoms with Crippen LogP contribution in [-0.2, 0) is 0 Å². The first-order chi connectivity index (χ1) is 7.38. The summed E-state index contributed by atoms with van der Waals surface area (Å²) < 4.78 is 3.89. The molecular formula is C11H19N3S. The highest BCUT2D eigenvalue weighted by Gasteiger charge is 2.10. The van der Waals surface area contributed by atoms with Crippen LogP contribution in [0.5, 0.6) is 0 Å². The Bertz CT molecular complexity index is 259. The monoisotopic (exact) mass is 225 g/mol. The minimum atomic E-state index is 0.368. The zero-order valence-corrected chi connectivity index (χ0v) is 10.1. The number of unbranched alkanes of at least 4 members (excludes halogenated alkanes) is 3. The lowest BCUT2D eigenvalue weighted by Gasteiger charge is -2.12. The van der Waals surface area contributed by atoms with Crippen LogP contribution in [0, 0.1) is 0 Å². The van der Waals surface area contributed by atoms with Gasteiger partial charge >= 0.3 is 0 Å². The van der Waals surface area contributed by atoms with Gasteiger partial charge in [0.2, 0.25) is 0 Å². The van der Waals surface area contributed by atoms with Crippen LogP contribution in [-0.4, -0.2) is 16.6 Å². The Morgan fingerprint density at radius 3 is 3.00 bits per heavy atom. The molecule has 1 heterocycles. The van der Waals surface area contributed by atoms with E-state index >= 15 is 0 Å². The van der Waals surface area contributed by atoms with E-state index in [1.807, 2.05) is 18.5 Å². The molecule has 0 aliphatic rings. The molecular weight excluding hydrogens is 206 g/mol. The molecule has 84 valence electrons. The molecule has 0 spiro atoms. The third-order valence-corrected chi connectivity index (χ3v) is 3.01. The molecule has 15 heavy (non-hydrogen) atoms. The molecule has 3 nitrogen and oxygen atoms in total. The number of aromatic nitrogens is 2. The molecule has 1 atom stereocenters. The smallest absolute Gasteiger partial charge is 0.0924 e. The Balaban J connectivity index is 2.20. The molecule has 1 aromatic rings. The lowest BCUT2D eigenvalue weighted by atomic mass is 10.1. The normalized spacial score (nSPS) is 12.6. The first-order valence-electron chi connectivity index (χ1n) is 5.43. The average Bonchev–Trinajstić information content (AvgIpc) is 2.77. The van der Waals surface area contributed by atoms with E-state index in [0.717, 1.165) is 18.5 Å². The summed E-state index contributed by atoms with van der Waals surface area (Å²) in [7, 11) is 1.98. The van der Waals surface area contributed by atoms with Gasteiger partial charge in [-0.15, -0.1) is 11.7 Å². The van der Waals surface area contributed by atoms with Gasteiger partial charge in [0.1, 0.15) is 0 Å². The molecule has 1 N–H and O–H groups in total. The van der Waals surface area contributed by atoms with Crippen molar-refractivity contribution in [1.29, 1.82) is 0 Å². The number of rotatable bonds is 8. The highest BCUT2D eigenvalue weighted by molar-refractivity contribution is 7.03. The lowest BCUT2D eigenvalue weighted by Crippen LogP contribution is -2.16. The van der Waals surface area contributed by atoms with Gasteiger partial charge in [-0.1, -0.05) is 23.4 Å². The number of nitrogens with zero attached hydrogens (tertiary/aromatic N) is 2. The second-order valence-corrected chi connectivity index (χ2v) is 4.21. The molecule has 0 aromatic carbocycles. The summed E-state index contributed by atoms with van der Waals surface area (Å²) in [4.78, 5) is 0. The van der Waals surface area contributed by atoms with Crippen molar-refractivity contribution in [3.63, 3.8) is 0 Å². The minimum Gasteiger partial charge on any atom is -0.312 e. The van der Waals surface area contributed by atoms with Crippen molar-refractivity contribution in [1.82, 2.24) is 14.9 Å². The quantitative estimate of drug-likeness (QED) is 0.546. The van der Waals surface area contributed by atoms with E-state index in [2.05, 4.69) is 21.5 Å². The molecule has 0 radical (unpaired) electrons. The van der Waals surface area contributed by atoms with E-state index in [4.69, 9.17) is 0 Å². The summed E-state index contributed by atoms with van der Waals surface area (Å²) in [5.74, 6) is 0. The SMILES string of the molecule is C=CCCCCCC(NC)c1csnn1.